The fraction of sp³-hybridized carbons (Fsp3) is 1.00. The summed E-state index contributed by atoms with van der Waals surface area (Å²) in [6.07, 6.45) is 2.63. The SMILES string of the molecule is CCC1CN(C)CCCN1C[C@@H]1CNC[C@H]1C. The van der Waals surface area contributed by atoms with Gasteiger partial charge in [-0.2, -0.15) is 0 Å². The summed E-state index contributed by atoms with van der Waals surface area (Å²) in [5, 5.41) is 3.53. The molecule has 2 rings (SSSR count). The van der Waals surface area contributed by atoms with E-state index in [1.807, 2.05) is 0 Å². The van der Waals surface area contributed by atoms with E-state index in [9.17, 15) is 0 Å². The first kappa shape index (κ1) is 13.3. The van der Waals surface area contributed by atoms with Gasteiger partial charge in [0.2, 0.25) is 0 Å². The molecule has 2 saturated heterocycles. The van der Waals surface area contributed by atoms with Gasteiger partial charge in [0.05, 0.1) is 0 Å². The Labute approximate surface area is 107 Å². The molecule has 2 aliphatic heterocycles. The van der Waals surface area contributed by atoms with Crippen molar-refractivity contribution in [3.8, 4) is 0 Å². The lowest BCUT2D eigenvalue weighted by Gasteiger charge is -2.33. The van der Waals surface area contributed by atoms with Gasteiger partial charge >= 0.3 is 0 Å². The Kier molecular flexibility index (Phi) is 4.83. The van der Waals surface area contributed by atoms with Crippen LogP contribution in [0.5, 0.6) is 0 Å². The zero-order valence-electron chi connectivity index (χ0n) is 11.8. The predicted octanol–water partition coefficient (Wildman–Crippen LogP) is 1.26. The number of likely N-dealkylation sites (N-methyl/N-ethyl adjacent to an activating group) is 1. The Morgan fingerprint density at radius 2 is 2.06 bits per heavy atom. The Hall–Kier alpha value is -0.120. The van der Waals surface area contributed by atoms with Crippen LogP contribution < -0.4 is 5.32 Å². The van der Waals surface area contributed by atoms with Gasteiger partial charge in [-0.3, -0.25) is 4.90 Å². The highest BCUT2D eigenvalue weighted by atomic mass is 15.2. The number of nitrogens with one attached hydrogen (secondary N) is 1. The molecule has 2 fully saturated rings. The molecule has 3 atom stereocenters. The van der Waals surface area contributed by atoms with E-state index >= 15 is 0 Å². The highest BCUT2D eigenvalue weighted by Crippen LogP contribution is 2.20. The molecule has 0 radical (unpaired) electrons. The summed E-state index contributed by atoms with van der Waals surface area (Å²) in [6, 6.07) is 0.773. The summed E-state index contributed by atoms with van der Waals surface area (Å²) in [7, 11) is 2.27. The zero-order chi connectivity index (χ0) is 12.3. The zero-order valence-corrected chi connectivity index (χ0v) is 11.8. The smallest absolute Gasteiger partial charge is 0.0220 e. The second-order valence-corrected chi connectivity index (χ2v) is 6.07. The van der Waals surface area contributed by atoms with Gasteiger partial charge in [-0.15, -0.1) is 0 Å². The third-order valence-corrected chi connectivity index (χ3v) is 4.64. The Morgan fingerprint density at radius 3 is 2.71 bits per heavy atom. The van der Waals surface area contributed by atoms with Crippen LogP contribution in [0, 0.1) is 11.8 Å². The molecule has 2 aliphatic rings. The molecule has 0 aliphatic carbocycles. The summed E-state index contributed by atoms with van der Waals surface area (Å²) in [5.41, 5.74) is 0. The minimum absolute atomic E-state index is 0.773. The maximum absolute atomic E-state index is 3.53. The number of hydrogen-bond acceptors (Lipinski definition) is 3. The van der Waals surface area contributed by atoms with Gasteiger partial charge < -0.3 is 10.2 Å². The van der Waals surface area contributed by atoms with E-state index < -0.39 is 0 Å². The summed E-state index contributed by atoms with van der Waals surface area (Å²) < 4.78 is 0. The van der Waals surface area contributed by atoms with E-state index in [4.69, 9.17) is 0 Å². The van der Waals surface area contributed by atoms with Crippen molar-refractivity contribution in [1.82, 2.24) is 15.1 Å². The molecule has 0 amide bonds. The first-order valence-electron chi connectivity index (χ1n) is 7.34. The minimum atomic E-state index is 0.773. The van der Waals surface area contributed by atoms with Gasteiger partial charge in [0, 0.05) is 19.1 Å². The van der Waals surface area contributed by atoms with Crippen molar-refractivity contribution in [3.05, 3.63) is 0 Å². The predicted molar refractivity (Wildman–Crippen MR) is 73.3 cm³/mol. The normalized spacial score (nSPS) is 37.2. The minimum Gasteiger partial charge on any atom is -0.316 e. The third kappa shape index (κ3) is 3.43. The Morgan fingerprint density at radius 1 is 1.24 bits per heavy atom. The van der Waals surface area contributed by atoms with Crippen LogP contribution >= 0.6 is 0 Å². The van der Waals surface area contributed by atoms with Crippen molar-refractivity contribution >= 4 is 0 Å². The van der Waals surface area contributed by atoms with Crippen molar-refractivity contribution < 1.29 is 0 Å². The fourth-order valence-corrected chi connectivity index (χ4v) is 3.33. The lowest BCUT2D eigenvalue weighted by molar-refractivity contribution is 0.151. The molecule has 0 bridgehead atoms. The third-order valence-electron chi connectivity index (χ3n) is 4.64. The van der Waals surface area contributed by atoms with E-state index in [1.54, 1.807) is 0 Å². The van der Waals surface area contributed by atoms with Gasteiger partial charge in [-0.1, -0.05) is 13.8 Å². The van der Waals surface area contributed by atoms with Crippen LogP contribution in [0.15, 0.2) is 0 Å². The Bertz CT molecular complexity index is 232. The molecule has 0 aromatic rings. The van der Waals surface area contributed by atoms with Crippen LogP contribution in [-0.2, 0) is 0 Å². The van der Waals surface area contributed by atoms with Crippen LogP contribution in [0.2, 0.25) is 0 Å². The van der Waals surface area contributed by atoms with Crippen LogP contribution in [0.1, 0.15) is 26.7 Å². The maximum atomic E-state index is 3.53. The van der Waals surface area contributed by atoms with Gasteiger partial charge in [0.25, 0.3) is 0 Å². The molecule has 1 unspecified atom stereocenters. The quantitative estimate of drug-likeness (QED) is 0.800. The summed E-state index contributed by atoms with van der Waals surface area (Å²) in [4.78, 5) is 5.27. The number of rotatable bonds is 3. The van der Waals surface area contributed by atoms with E-state index in [0.717, 1.165) is 17.9 Å². The molecule has 17 heavy (non-hydrogen) atoms. The molecule has 2 heterocycles. The van der Waals surface area contributed by atoms with Crippen molar-refractivity contribution in [2.24, 2.45) is 11.8 Å². The highest BCUT2D eigenvalue weighted by Gasteiger charge is 2.29. The van der Waals surface area contributed by atoms with Crippen LogP contribution in [0.4, 0.5) is 0 Å². The number of hydrogen-bond donors (Lipinski definition) is 1. The first-order chi connectivity index (χ1) is 8.20. The van der Waals surface area contributed by atoms with E-state index in [2.05, 4.69) is 36.0 Å². The molecular formula is C14H29N3. The fourth-order valence-electron chi connectivity index (χ4n) is 3.33. The lowest BCUT2D eigenvalue weighted by Crippen LogP contribution is -2.43. The average molecular weight is 239 g/mol. The molecular weight excluding hydrogens is 210 g/mol. The maximum Gasteiger partial charge on any atom is 0.0220 e. The van der Waals surface area contributed by atoms with Crippen molar-refractivity contribution in [3.63, 3.8) is 0 Å². The summed E-state index contributed by atoms with van der Waals surface area (Å²) >= 11 is 0. The largest absolute Gasteiger partial charge is 0.316 e. The Balaban J connectivity index is 1.92. The van der Waals surface area contributed by atoms with Crippen molar-refractivity contribution in [2.75, 3.05) is 46.3 Å². The topological polar surface area (TPSA) is 18.5 Å². The molecule has 0 spiro atoms. The van der Waals surface area contributed by atoms with Gasteiger partial charge in [0.1, 0.15) is 0 Å². The highest BCUT2D eigenvalue weighted by molar-refractivity contribution is 4.85. The molecule has 0 saturated carbocycles. The van der Waals surface area contributed by atoms with Gasteiger partial charge in [-0.25, -0.2) is 0 Å². The van der Waals surface area contributed by atoms with Crippen LogP contribution in [0.3, 0.4) is 0 Å². The second-order valence-electron chi connectivity index (χ2n) is 6.07. The molecule has 3 nitrogen and oxygen atoms in total. The number of nitrogens with zero attached hydrogens (tertiary/aromatic N) is 2. The van der Waals surface area contributed by atoms with Crippen molar-refractivity contribution in [1.29, 1.82) is 0 Å². The van der Waals surface area contributed by atoms with Gasteiger partial charge in [-0.05, 0) is 57.9 Å². The first-order valence-corrected chi connectivity index (χ1v) is 7.34. The van der Waals surface area contributed by atoms with Crippen molar-refractivity contribution in [2.45, 2.75) is 32.7 Å². The lowest BCUT2D eigenvalue weighted by atomic mass is 9.96. The van der Waals surface area contributed by atoms with Crippen LogP contribution in [-0.4, -0.2) is 62.2 Å². The molecule has 3 heteroatoms. The molecule has 0 aromatic carbocycles. The standard InChI is InChI=1S/C14H29N3/c1-4-14-11-16(3)6-5-7-17(14)10-13-9-15-8-12(13)2/h12-15H,4-11H2,1-3H3/t12-,13+,14?/m1/s1. The monoisotopic (exact) mass is 239 g/mol. The molecule has 1 N–H and O–H groups in total. The second kappa shape index (κ2) is 6.17. The van der Waals surface area contributed by atoms with Gasteiger partial charge in [0.15, 0.2) is 0 Å². The van der Waals surface area contributed by atoms with E-state index in [0.29, 0.717) is 0 Å². The van der Waals surface area contributed by atoms with E-state index in [1.165, 1.54) is 52.1 Å². The molecule has 0 aromatic heterocycles. The molecule has 100 valence electrons. The summed E-state index contributed by atoms with van der Waals surface area (Å²) in [6.45, 7) is 12.3. The average Bonchev–Trinajstić information content (AvgIpc) is 2.61. The summed E-state index contributed by atoms with van der Waals surface area (Å²) in [5.74, 6) is 1.72. The van der Waals surface area contributed by atoms with E-state index in [-0.39, 0.29) is 0 Å². The van der Waals surface area contributed by atoms with Crippen LogP contribution in [0.25, 0.3) is 0 Å².